The van der Waals surface area contributed by atoms with Crippen molar-refractivity contribution in [3.05, 3.63) is 62.5 Å². The molecule has 0 aliphatic heterocycles. The van der Waals surface area contributed by atoms with Gasteiger partial charge in [-0.05, 0) is 86.2 Å². The van der Waals surface area contributed by atoms with Gasteiger partial charge in [-0.25, -0.2) is 0 Å². The topological polar surface area (TPSA) is 37.3 Å². The number of hydrogen-bond donors (Lipinski definition) is 1. The number of carbonyl (C=O) groups excluding carboxylic acids is 1. The maximum absolute atomic E-state index is 12.1. The lowest BCUT2D eigenvalue weighted by Crippen LogP contribution is -1.93. The Balaban J connectivity index is 2.18. The number of rotatable bonds is 4. The molecule has 108 valence electrons. The minimum atomic E-state index is -0.0528. The molecular formula is C16H12Br2O2S. The molecule has 0 radical (unpaired) electrons. The Morgan fingerprint density at radius 3 is 2.24 bits per heavy atom. The molecule has 2 aromatic carbocycles. The van der Waals surface area contributed by atoms with Crippen LogP contribution in [0.15, 0.2) is 56.3 Å². The van der Waals surface area contributed by atoms with Crippen molar-refractivity contribution in [2.24, 2.45) is 0 Å². The number of thioether (sulfide) groups is 1. The Morgan fingerprint density at radius 2 is 1.71 bits per heavy atom. The average molecular weight is 428 g/mol. The summed E-state index contributed by atoms with van der Waals surface area (Å²) in [6, 6.07) is 11.0. The number of allylic oxidation sites excluding steroid dienone is 1. The van der Waals surface area contributed by atoms with Crippen LogP contribution in [-0.2, 0) is 0 Å². The van der Waals surface area contributed by atoms with Crippen molar-refractivity contribution < 1.29 is 9.90 Å². The summed E-state index contributed by atoms with van der Waals surface area (Å²) in [4.78, 5) is 13.2. The fraction of sp³-hybridized carbons (Fsp3) is 0.0625. The molecule has 0 aliphatic carbocycles. The maximum Gasteiger partial charge on any atom is 0.185 e. The van der Waals surface area contributed by atoms with E-state index >= 15 is 0 Å². The van der Waals surface area contributed by atoms with Crippen LogP contribution in [0.1, 0.15) is 15.9 Å². The summed E-state index contributed by atoms with van der Waals surface area (Å²) in [5.41, 5.74) is 1.47. The summed E-state index contributed by atoms with van der Waals surface area (Å²) in [5.74, 6) is 0.0918. The Bertz CT molecular complexity index is 671. The zero-order valence-corrected chi connectivity index (χ0v) is 15.1. The minimum Gasteiger partial charge on any atom is -0.506 e. The zero-order chi connectivity index (χ0) is 15.4. The van der Waals surface area contributed by atoms with E-state index in [4.69, 9.17) is 0 Å². The highest BCUT2D eigenvalue weighted by Gasteiger charge is 2.05. The van der Waals surface area contributed by atoms with Crippen molar-refractivity contribution in [2.75, 3.05) is 6.26 Å². The van der Waals surface area contributed by atoms with Crippen LogP contribution in [0, 0.1) is 0 Å². The van der Waals surface area contributed by atoms with E-state index in [1.54, 1.807) is 30.0 Å². The van der Waals surface area contributed by atoms with Gasteiger partial charge >= 0.3 is 0 Å². The summed E-state index contributed by atoms with van der Waals surface area (Å²) < 4.78 is 1.15. The van der Waals surface area contributed by atoms with Gasteiger partial charge in [0.15, 0.2) is 5.78 Å². The molecule has 2 nitrogen and oxygen atoms in total. The van der Waals surface area contributed by atoms with E-state index < -0.39 is 0 Å². The number of halogens is 2. The van der Waals surface area contributed by atoms with Crippen LogP contribution in [0.3, 0.4) is 0 Å². The molecule has 0 spiro atoms. The normalized spacial score (nSPS) is 11.0. The number of ketones is 1. The van der Waals surface area contributed by atoms with E-state index in [9.17, 15) is 9.90 Å². The molecule has 0 heterocycles. The van der Waals surface area contributed by atoms with Crippen LogP contribution >= 0.6 is 43.6 Å². The van der Waals surface area contributed by atoms with Crippen molar-refractivity contribution in [3.63, 3.8) is 0 Å². The Kier molecular flexibility index (Phi) is 5.67. The third-order valence-electron chi connectivity index (χ3n) is 2.84. The van der Waals surface area contributed by atoms with Gasteiger partial charge in [-0.2, -0.15) is 0 Å². The maximum atomic E-state index is 12.1. The molecule has 0 aliphatic rings. The number of hydrogen-bond acceptors (Lipinski definition) is 3. The number of benzene rings is 2. The van der Waals surface area contributed by atoms with E-state index in [2.05, 4.69) is 31.9 Å². The van der Waals surface area contributed by atoms with Crippen LogP contribution in [0.2, 0.25) is 0 Å². The number of phenols is 1. The van der Waals surface area contributed by atoms with E-state index in [1.165, 1.54) is 6.08 Å². The van der Waals surface area contributed by atoms with Crippen molar-refractivity contribution in [1.29, 1.82) is 0 Å². The Hall–Kier alpha value is -1.04. The lowest BCUT2D eigenvalue weighted by Gasteiger charge is -2.02. The summed E-state index contributed by atoms with van der Waals surface area (Å²) >= 11 is 8.17. The largest absolute Gasteiger partial charge is 0.506 e. The third-order valence-corrected chi connectivity index (χ3v) is 4.79. The molecule has 0 fully saturated rings. The molecule has 5 heteroatoms. The van der Waals surface area contributed by atoms with Crippen molar-refractivity contribution in [3.8, 4) is 5.75 Å². The molecular weight excluding hydrogens is 416 g/mol. The standard InChI is InChI=1S/C16H12Br2O2S/c1-21-12-5-3-11(4-6-12)15(19)7-2-10-8-13(17)16(20)14(18)9-10/h2-9,20H,1H3/b7-2+. The van der Waals surface area contributed by atoms with Gasteiger partial charge in [0.05, 0.1) is 8.95 Å². The van der Waals surface area contributed by atoms with Crippen LogP contribution in [-0.4, -0.2) is 17.1 Å². The highest BCUT2D eigenvalue weighted by molar-refractivity contribution is 9.11. The third kappa shape index (κ3) is 4.22. The van der Waals surface area contributed by atoms with Crippen LogP contribution in [0.4, 0.5) is 0 Å². The highest BCUT2D eigenvalue weighted by atomic mass is 79.9. The lowest BCUT2D eigenvalue weighted by molar-refractivity contribution is 0.104. The van der Waals surface area contributed by atoms with E-state index in [0.717, 1.165) is 10.5 Å². The van der Waals surface area contributed by atoms with E-state index in [1.807, 2.05) is 30.5 Å². The van der Waals surface area contributed by atoms with Gasteiger partial charge < -0.3 is 5.11 Å². The fourth-order valence-corrected chi connectivity index (χ4v) is 3.33. The summed E-state index contributed by atoms with van der Waals surface area (Å²) in [5, 5.41) is 9.65. The van der Waals surface area contributed by atoms with Crippen LogP contribution in [0.25, 0.3) is 6.08 Å². The Morgan fingerprint density at radius 1 is 1.14 bits per heavy atom. The van der Waals surface area contributed by atoms with Crippen molar-refractivity contribution in [2.45, 2.75) is 4.90 Å². The van der Waals surface area contributed by atoms with E-state index in [0.29, 0.717) is 14.5 Å². The van der Waals surface area contributed by atoms with Gasteiger partial charge in [0, 0.05) is 10.5 Å². The van der Waals surface area contributed by atoms with Crippen LogP contribution in [0.5, 0.6) is 5.75 Å². The van der Waals surface area contributed by atoms with Gasteiger partial charge in [0.1, 0.15) is 5.75 Å². The smallest absolute Gasteiger partial charge is 0.185 e. The molecule has 0 saturated heterocycles. The molecule has 0 bridgehead atoms. The molecule has 21 heavy (non-hydrogen) atoms. The van der Waals surface area contributed by atoms with Crippen molar-refractivity contribution >= 4 is 55.5 Å². The summed E-state index contributed by atoms with van der Waals surface area (Å²) in [7, 11) is 0. The van der Waals surface area contributed by atoms with Crippen molar-refractivity contribution in [1.82, 2.24) is 0 Å². The average Bonchev–Trinajstić information content (AvgIpc) is 2.50. The number of carbonyl (C=O) groups is 1. The first-order valence-corrected chi connectivity index (χ1v) is 8.87. The first-order chi connectivity index (χ1) is 10.0. The molecule has 0 saturated carbocycles. The molecule has 0 atom stereocenters. The minimum absolute atomic E-state index is 0.0528. The van der Waals surface area contributed by atoms with E-state index in [-0.39, 0.29) is 11.5 Å². The van der Waals surface area contributed by atoms with Gasteiger partial charge in [0.25, 0.3) is 0 Å². The molecule has 2 rings (SSSR count). The molecule has 2 aromatic rings. The Labute approximate surface area is 144 Å². The first-order valence-electron chi connectivity index (χ1n) is 6.05. The second kappa shape index (κ2) is 7.29. The molecule has 1 N–H and O–H groups in total. The number of phenolic OH excluding ortho intramolecular Hbond substituents is 1. The molecule has 0 aromatic heterocycles. The second-order valence-corrected chi connectivity index (χ2v) is 6.85. The predicted octanol–water partition coefficient (Wildman–Crippen LogP) is 5.54. The summed E-state index contributed by atoms with van der Waals surface area (Å²) in [6.07, 6.45) is 5.25. The first kappa shape index (κ1) is 16.3. The second-order valence-electron chi connectivity index (χ2n) is 4.26. The van der Waals surface area contributed by atoms with Gasteiger partial charge in [-0.3, -0.25) is 4.79 Å². The lowest BCUT2D eigenvalue weighted by atomic mass is 10.1. The predicted molar refractivity (Wildman–Crippen MR) is 95.1 cm³/mol. The quantitative estimate of drug-likeness (QED) is 0.395. The monoisotopic (exact) mass is 426 g/mol. The van der Waals surface area contributed by atoms with Crippen LogP contribution < -0.4 is 0 Å². The summed E-state index contributed by atoms with van der Waals surface area (Å²) in [6.45, 7) is 0. The van der Waals surface area contributed by atoms with Gasteiger partial charge in [-0.15, -0.1) is 11.8 Å². The SMILES string of the molecule is CSc1ccc(C(=O)/C=C/c2cc(Br)c(O)c(Br)c2)cc1. The molecule has 0 unspecified atom stereocenters. The fourth-order valence-electron chi connectivity index (χ4n) is 1.70. The van der Waals surface area contributed by atoms with Gasteiger partial charge in [-0.1, -0.05) is 6.08 Å². The zero-order valence-electron chi connectivity index (χ0n) is 11.1. The van der Waals surface area contributed by atoms with Gasteiger partial charge in [0.2, 0.25) is 0 Å². The number of aromatic hydroxyl groups is 1. The highest BCUT2D eigenvalue weighted by Crippen LogP contribution is 2.33. The molecule has 0 amide bonds.